The van der Waals surface area contributed by atoms with Crippen LogP contribution in [-0.2, 0) is 14.3 Å². The average Bonchev–Trinajstić information content (AvgIpc) is 2.68. The zero-order valence-corrected chi connectivity index (χ0v) is 11.9. The number of carbonyl (C=O) groups excluding carboxylic acids is 1. The van der Waals surface area contributed by atoms with Gasteiger partial charge in [-0.15, -0.1) is 0 Å². The molecule has 5 nitrogen and oxygen atoms in total. The molecule has 1 saturated heterocycles. The normalized spacial score (nSPS) is 24.1. The van der Waals surface area contributed by atoms with Crippen molar-refractivity contribution < 1.29 is 27.4 Å². The molecule has 2 atom stereocenters. The van der Waals surface area contributed by atoms with Crippen LogP contribution in [0.1, 0.15) is 6.42 Å². The lowest BCUT2D eigenvalue weighted by atomic mass is 10.2. The van der Waals surface area contributed by atoms with E-state index >= 15 is 0 Å². The Hall–Kier alpha value is -0.860. The molecule has 1 heterocycles. The van der Waals surface area contributed by atoms with E-state index in [1.54, 1.807) is 14.2 Å². The molecule has 0 spiro atoms. The Morgan fingerprint density at radius 3 is 2.60 bits per heavy atom. The number of hydrogen-bond donors (Lipinski definition) is 0. The fourth-order valence-corrected chi connectivity index (χ4v) is 2.20. The minimum absolute atomic E-state index is 0.134. The van der Waals surface area contributed by atoms with E-state index in [1.807, 2.05) is 7.05 Å². The highest BCUT2D eigenvalue weighted by Crippen LogP contribution is 2.19. The number of methoxy groups -OCH3 is 1. The van der Waals surface area contributed by atoms with Crippen LogP contribution in [0.3, 0.4) is 0 Å². The second-order valence-electron chi connectivity index (χ2n) is 5.07. The number of alkyl halides is 3. The van der Waals surface area contributed by atoms with Crippen molar-refractivity contribution in [2.75, 3.05) is 47.5 Å². The molecule has 0 unspecified atom stereocenters. The minimum atomic E-state index is -4.41. The van der Waals surface area contributed by atoms with Crippen LogP contribution < -0.4 is 0 Å². The van der Waals surface area contributed by atoms with Gasteiger partial charge in [0.15, 0.2) is 0 Å². The summed E-state index contributed by atoms with van der Waals surface area (Å²) < 4.78 is 45.3. The molecule has 0 bridgehead atoms. The summed E-state index contributed by atoms with van der Waals surface area (Å²) in [6.07, 6.45) is -3.47. The second-order valence-corrected chi connectivity index (χ2v) is 5.07. The van der Waals surface area contributed by atoms with Crippen molar-refractivity contribution in [2.24, 2.45) is 0 Å². The molecular formula is C12H21F3N2O3. The van der Waals surface area contributed by atoms with E-state index in [9.17, 15) is 18.0 Å². The number of likely N-dealkylation sites (N-methyl/N-ethyl adjacent to an activating group) is 2. The van der Waals surface area contributed by atoms with Crippen LogP contribution in [0.15, 0.2) is 0 Å². The molecule has 1 amide bonds. The molecule has 0 N–H and O–H groups in total. The van der Waals surface area contributed by atoms with Gasteiger partial charge in [0.1, 0.15) is 13.2 Å². The molecule has 20 heavy (non-hydrogen) atoms. The molecule has 0 aromatic heterocycles. The van der Waals surface area contributed by atoms with Gasteiger partial charge in [-0.25, -0.2) is 0 Å². The lowest BCUT2D eigenvalue weighted by molar-refractivity contribution is -0.177. The summed E-state index contributed by atoms with van der Waals surface area (Å²) in [5.74, 6) is -0.455. The van der Waals surface area contributed by atoms with Gasteiger partial charge in [-0.2, -0.15) is 13.2 Å². The van der Waals surface area contributed by atoms with E-state index in [0.717, 1.165) is 13.0 Å². The first-order chi connectivity index (χ1) is 9.23. The van der Waals surface area contributed by atoms with Crippen LogP contribution >= 0.6 is 0 Å². The molecule has 118 valence electrons. The van der Waals surface area contributed by atoms with E-state index < -0.39 is 25.3 Å². The van der Waals surface area contributed by atoms with Gasteiger partial charge >= 0.3 is 6.18 Å². The lowest BCUT2D eigenvalue weighted by Gasteiger charge is -2.25. The average molecular weight is 298 g/mol. The van der Waals surface area contributed by atoms with E-state index in [0.29, 0.717) is 6.54 Å². The summed E-state index contributed by atoms with van der Waals surface area (Å²) in [5.41, 5.74) is 0. The summed E-state index contributed by atoms with van der Waals surface area (Å²) in [6, 6.07) is 0.150. The number of rotatable bonds is 6. The molecule has 1 fully saturated rings. The van der Waals surface area contributed by atoms with Gasteiger partial charge in [0.2, 0.25) is 5.91 Å². The first kappa shape index (κ1) is 17.2. The zero-order valence-electron chi connectivity index (χ0n) is 11.9. The molecule has 1 aliphatic rings. The van der Waals surface area contributed by atoms with Crippen LogP contribution in [0, 0.1) is 0 Å². The lowest BCUT2D eigenvalue weighted by Crippen LogP contribution is -2.41. The molecule has 0 radical (unpaired) electrons. The van der Waals surface area contributed by atoms with Crippen molar-refractivity contribution >= 4 is 5.91 Å². The maximum Gasteiger partial charge on any atom is 0.411 e. The number of nitrogens with zero attached hydrogens (tertiary/aromatic N) is 2. The Labute approximate surface area is 116 Å². The fraction of sp³-hybridized carbons (Fsp3) is 0.917. The Bertz CT molecular complexity index is 326. The van der Waals surface area contributed by atoms with Crippen molar-refractivity contribution in [3.8, 4) is 0 Å². The van der Waals surface area contributed by atoms with Gasteiger partial charge in [0.25, 0.3) is 0 Å². The number of ether oxygens (including phenoxy) is 2. The smallest absolute Gasteiger partial charge is 0.380 e. The molecule has 0 aliphatic carbocycles. The van der Waals surface area contributed by atoms with E-state index in [2.05, 4.69) is 9.64 Å². The maximum atomic E-state index is 11.9. The third kappa shape index (κ3) is 5.64. The molecule has 1 aliphatic heterocycles. The van der Waals surface area contributed by atoms with E-state index in [4.69, 9.17) is 4.74 Å². The highest BCUT2D eigenvalue weighted by atomic mass is 19.4. The van der Waals surface area contributed by atoms with Gasteiger partial charge < -0.3 is 14.4 Å². The fourth-order valence-electron chi connectivity index (χ4n) is 2.20. The second kappa shape index (κ2) is 7.24. The Morgan fingerprint density at radius 2 is 2.10 bits per heavy atom. The van der Waals surface area contributed by atoms with Crippen molar-refractivity contribution in [3.63, 3.8) is 0 Å². The topological polar surface area (TPSA) is 42.0 Å². The van der Waals surface area contributed by atoms with Gasteiger partial charge in [0, 0.05) is 33.3 Å². The summed E-state index contributed by atoms with van der Waals surface area (Å²) in [4.78, 5) is 15.1. The van der Waals surface area contributed by atoms with Crippen molar-refractivity contribution in [2.45, 2.75) is 24.7 Å². The Kier molecular flexibility index (Phi) is 6.22. The summed E-state index contributed by atoms with van der Waals surface area (Å²) >= 11 is 0. The standard InChI is InChI=1S/C12H21F3N2O3/c1-16-6-10(19-3)4-9(16)5-17(2)11(18)7-20-8-12(13,14)15/h9-10H,4-8H2,1-3H3/t9-,10-/m0/s1. The first-order valence-corrected chi connectivity index (χ1v) is 6.34. The van der Waals surface area contributed by atoms with Crippen molar-refractivity contribution in [1.29, 1.82) is 0 Å². The number of amides is 1. The van der Waals surface area contributed by atoms with Gasteiger partial charge in [-0.3, -0.25) is 9.69 Å². The van der Waals surface area contributed by atoms with Crippen LogP contribution in [-0.4, -0.2) is 81.5 Å². The van der Waals surface area contributed by atoms with Crippen molar-refractivity contribution in [1.82, 2.24) is 9.80 Å². The number of carbonyl (C=O) groups is 1. The Morgan fingerprint density at radius 1 is 1.45 bits per heavy atom. The van der Waals surface area contributed by atoms with Crippen LogP contribution in [0.4, 0.5) is 13.2 Å². The van der Waals surface area contributed by atoms with Crippen LogP contribution in [0.5, 0.6) is 0 Å². The van der Waals surface area contributed by atoms with Crippen LogP contribution in [0.25, 0.3) is 0 Å². The number of likely N-dealkylation sites (tertiary alicyclic amines) is 1. The highest BCUT2D eigenvalue weighted by molar-refractivity contribution is 5.77. The van der Waals surface area contributed by atoms with Crippen LogP contribution in [0.2, 0.25) is 0 Å². The summed E-state index contributed by atoms with van der Waals surface area (Å²) in [5, 5.41) is 0. The quantitative estimate of drug-likeness (QED) is 0.725. The molecule has 1 rings (SSSR count). The molecule has 8 heteroatoms. The zero-order chi connectivity index (χ0) is 15.3. The van der Waals surface area contributed by atoms with Gasteiger partial charge in [-0.05, 0) is 13.5 Å². The third-order valence-corrected chi connectivity index (χ3v) is 3.38. The SMILES string of the molecule is CO[C@H]1C[C@@H](CN(C)C(=O)COCC(F)(F)F)N(C)C1. The minimum Gasteiger partial charge on any atom is -0.380 e. The Balaban J connectivity index is 2.31. The third-order valence-electron chi connectivity index (χ3n) is 3.38. The van der Waals surface area contributed by atoms with Gasteiger partial charge in [0.05, 0.1) is 6.10 Å². The molecule has 0 saturated carbocycles. The number of halogens is 3. The van der Waals surface area contributed by atoms with E-state index in [1.165, 1.54) is 4.90 Å². The largest absolute Gasteiger partial charge is 0.411 e. The van der Waals surface area contributed by atoms with Gasteiger partial charge in [-0.1, -0.05) is 0 Å². The predicted molar refractivity (Wildman–Crippen MR) is 66.3 cm³/mol. The first-order valence-electron chi connectivity index (χ1n) is 6.34. The summed E-state index contributed by atoms with van der Waals surface area (Å²) in [7, 11) is 5.14. The van der Waals surface area contributed by atoms with E-state index in [-0.39, 0.29) is 12.1 Å². The summed E-state index contributed by atoms with van der Waals surface area (Å²) in [6.45, 7) is -0.722. The monoisotopic (exact) mass is 298 g/mol. The molecular weight excluding hydrogens is 277 g/mol. The predicted octanol–water partition coefficient (Wildman–Crippen LogP) is 0.743. The highest BCUT2D eigenvalue weighted by Gasteiger charge is 2.31. The number of hydrogen-bond acceptors (Lipinski definition) is 4. The van der Waals surface area contributed by atoms with Crippen molar-refractivity contribution in [3.05, 3.63) is 0 Å². The molecule has 0 aromatic carbocycles. The maximum absolute atomic E-state index is 11.9. The molecule has 0 aromatic rings.